The van der Waals surface area contributed by atoms with Crippen molar-refractivity contribution in [1.29, 1.82) is 5.26 Å². The Balaban J connectivity index is 3.26. The minimum atomic E-state index is -0.661. The SMILES string of the molecule is CCOc1ccccc1C(C)(C#N)N(C)C. The third-order valence-corrected chi connectivity index (χ3v) is 2.82. The lowest BCUT2D eigenvalue weighted by molar-refractivity contribution is 0.229. The summed E-state index contributed by atoms with van der Waals surface area (Å²) in [6.45, 7) is 4.44. The second-order valence-corrected chi connectivity index (χ2v) is 4.01. The van der Waals surface area contributed by atoms with Crippen molar-refractivity contribution in [2.75, 3.05) is 20.7 Å². The van der Waals surface area contributed by atoms with Crippen LogP contribution in [-0.4, -0.2) is 25.6 Å². The summed E-state index contributed by atoms with van der Waals surface area (Å²) < 4.78 is 5.56. The van der Waals surface area contributed by atoms with E-state index < -0.39 is 5.54 Å². The summed E-state index contributed by atoms with van der Waals surface area (Å²) in [5, 5.41) is 9.35. The molecule has 0 aliphatic heterocycles. The van der Waals surface area contributed by atoms with Gasteiger partial charge >= 0.3 is 0 Å². The molecule has 3 heteroatoms. The van der Waals surface area contributed by atoms with E-state index in [2.05, 4.69) is 6.07 Å². The van der Waals surface area contributed by atoms with E-state index >= 15 is 0 Å². The van der Waals surface area contributed by atoms with E-state index in [9.17, 15) is 5.26 Å². The number of hydrogen-bond donors (Lipinski definition) is 0. The van der Waals surface area contributed by atoms with Crippen LogP contribution in [0.3, 0.4) is 0 Å². The Morgan fingerprint density at radius 3 is 2.50 bits per heavy atom. The zero-order valence-electron chi connectivity index (χ0n) is 10.3. The van der Waals surface area contributed by atoms with Gasteiger partial charge in [-0.05, 0) is 34.0 Å². The van der Waals surface area contributed by atoms with E-state index in [4.69, 9.17) is 4.74 Å². The van der Waals surface area contributed by atoms with Gasteiger partial charge in [-0.3, -0.25) is 4.90 Å². The van der Waals surface area contributed by atoms with Gasteiger partial charge in [-0.15, -0.1) is 0 Å². The smallest absolute Gasteiger partial charge is 0.135 e. The van der Waals surface area contributed by atoms with Gasteiger partial charge in [0.25, 0.3) is 0 Å². The first-order valence-electron chi connectivity index (χ1n) is 5.37. The van der Waals surface area contributed by atoms with Crippen LogP contribution in [0.5, 0.6) is 5.75 Å². The van der Waals surface area contributed by atoms with Gasteiger partial charge < -0.3 is 4.74 Å². The third kappa shape index (κ3) is 2.17. The number of nitrogens with zero attached hydrogens (tertiary/aromatic N) is 2. The summed E-state index contributed by atoms with van der Waals surface area (Å²) in [6, 6.07) is 10.0. The third-order valence-electron chi connectivity index (χ3n) is 2.82. The summed E-state index contributed by atoms with van der Waals surface area (Å²) in [5.74, 6) is 0.780. The van der Waals surface area contributed by atoms with Gasteiger partial charge in [0.1, 0.15) is 11.3 Å². The van der Waals surface area contributed by atoms with Crippen LogP contribution in [0.1, 0.15) is 19.4 Å². The average Bonchev–Trinajstić information content (AvgIpc) is 2.29. The normalized spacial score (nSPS) is 14.2. The second kappa shape index (κ2) is 5.00. The fraction of sp³-hybridized carbons (Fsp3) is 0.462. The maximum absolute atomic E-state index is 9.35. The molecule has 0 aliphatic rings. The lowest BCUT2D eigenvalue weighted by Gasteiger charge is -2.31. The largest absolute Gasteiger partial charge is 0.493 e. The molecule has 0 saturated heterocycles. The minimum Gasteiger partial charge on any atom is -0.493 e. The Kier molecular flexibility index (Phi) is 3.92. The molecule has 86 valence electrons. The first-order valence-corrected chi connectivity index (χ1v) is 5.37. The van der Waals surface area contributed by atoms with Crippen LogP contribution in [0.2, 0.25) is 0 Å². The maximum atomic E-state index is 9.35. The number of nitriles is 1. The molecule has 1 aromatic carbocycles. The number of benzene rings is 1. The molecule has 1 atom stereocenters. The summed E-state index contributed by atoms with van der Waals surface area (Å²) in [7, 11) is 3.79. The van der Waals surface area contributed by atoms with Crippen molar-refractivity contribution in [3.8, 4) is 11.8 Å². The monoisotopic (exact) mass is 218 g/mol. The van der Waals surface area contributed by atoms with Gasteiger partial charge in [-0.25, -0.2) is 0 Å². The van der Waals surface area contributed by atoms with Crippen molar-refractivity contribution in [2.24, 2.45) is 0 Å². The van der Waals surface area contributed by atoms with Crippen molar-refractivity contribution in [2.45, 2.75) is 19.4 Å². The number of ether oxygens (including phenoxy) is 1. The average molecular weight is 218 g/mol. The molecule has 0 amide bonds. The highest BCUT2D eigenvalue weighted by Crippen LogP contribution is 2.32. The van der Waals surface area contributed by atoms with Crippen molar-refractivity contribution in [1.82, 2.24) is 4.90 Å². The summed E-state index contributed by atoms with van der Waals surface area (Å²) in [5.41, 5.74) is 0.246. The fourth-order valence-corrected chi connectivity index (χ4v) is 1.55. The van der Waals surface area contributed by atoms with Gasteiger partial charge in [-0.2, -0.15) is 5.26 Å². The highest BCUT2D eigenvalue weighted by molar-refractivity contribution is 5.42. The minimum absolute atomic E-state index is 0.603. The summed E-state index contributed by atoms with van der Waals surface area (Å²) in [6.07, 6.45) is 0. The lowest BCUT2D eigenvalue weighted by atomic mass is 9.91. The molecule has 1 aromatic rings. The van der Waals surface area contributed by atoms with Gasteiger partial charge in [0.15, 0.2) is 0 Å². The Bertz CT molecular complexity index is 395. The summed E-state index contributed by atoms with van der Waals surface area (Å²) in [4.78, 5) is 1.89. The first kappa shape index (κ1) is 12.5. The van der Waals surface area contributed by atoms with E-state index in [1.54, 1.807) is 0 Å². The molecule has 0 aromatic heterocycles. The molecule has 1 rings (SSSR count). The van der Waals surface area contributed by atoms with Crippen LogP contribution >= 0.6 is 0 Å². The standard InChI is InChI=1S/C13H18N2O/c1-5-16-12-9-7-6-8-11(12)13(2,10-14)15(3)4/h6-9H,5H2,1-4H3. The molecule has 0 heterocycles. The zero-order chi connectivity index (χ0) is 12.2. The Morgan fingerprint density at radius 2 is 2.00 bits per heavy atom. The molecule has 16 heavy (non-hydrogen) atoms. The molecule has 0 spiro atoms. The van der Waals surface area contributed by atoms with E-state index in [0.29, 0.717) is 6.61 Å². The zero-order valence-corrected chi connectivity index (χ0v) is 10.3. The molecular weight excluding hydrogens is 200 g/mol. The lowest BCUT2D eigenvalue weighted by Crippen LogP contribution is -2.37. The molecule has 0 aliphatic carbocycles. The van der Waals surface area contributed by atoms with Gasteiger partial charge in [0.05, 0.1) is 12.7 Å². The van der Waals surface area contributed by atoms with E-state index in [1.165, 1.54) is 0 Å². The number of hydrogen-bond acceptors (Lipinski definition) is 3. The predicted molar refractivity (Wildman–Crippen MR) is 64.3 cm³/mol. The van der Waals surface area contributed by atoms with Gasteiger partial charge in [-0.1, -0.05) is 18.2 Å². The Morgan fingerprint density at radius 1 is 1.38 bits per heavy atom. The van der Waals surface area contributed by atoms with Crippen LogP contribution in [0, 0.1) is 11.3 Å². The van der Waals surface area contributed by atoms with Crippen LogP contribution in [0.25, 0.3) is 0 Å². The first-order chi connectivity index (χ1) is 7.56. The van der Waals surface area contributed by atoms with Crippen molar-refractivity contribution >= 4 is 0 Å². The predicted octanol–water partition coefficient (Wildman–Crippen LogP) is 2.39. The molecule has 3 nitrogen and oxygen atoms in total. The van der Waals surface area contributed by atoms with Gasteiger partial charge in [0.2, 0.25) is 0 Å². The Hall–Kier alpha value is -1.53. The topological polar surface area (TPSA) is 36.3 Å². The van der Waals surface area contributed by atoms with Crippen LogP contribution in [0.4, 0.5) is 0 Å². The highest BCUT2D eigenvalue weighted by atomic mass is 16.5. The van der Waals surface area contributed by atoms with E-state index in [1.807, 2.05) is 57.1 Å². The highest BCUT2D eigenvalue weighted by Gasteiger charge is 2.31. The number of rotatable bonds is 4. The molecule has 0 radical (unpaired) electrons. The molecule has 0 bridgehead atoms. The van der Waals surface area contributed by atoms with Crippen LogP contribution in [0.15, 0.2) is 24.3 Å². The van der Waals surface area contributed by atoms with Crippen molar-refractivity contribution in [3.63, 3.8) is 0 Å². The molecule has 0 fully saturated rings. The molecule has 0 N–H and O–H groups in total. The Labute approximate surface area is 97.3 Å². The van der Waals surface area contributed by atoms with E-state index in [-0.39, 0.29) is 0 Å². The van der Waals surface area contributed by atoms with Crippen LogP contribution in [-0.2, 0) is 5.54 Å². The molecular formula is C13H18N2O. The van der Waals surface area contributed by atoms with E-state index in [0.717, 1.165) is 11.3 Å². The van der Waals surface area contributed by atoms with Crippen molar-refractivity contribution in [3.05, 3.63) is 29.8 Å². The van der Waals surface area contributed by atoms with Gasteiger partial charge in [0, 0.05) is 5.56 Å². The second-order valence-electron chi connectivity index (χ2n) is 4.01. The molecule has 0 saturated carbocycles. The van der Waals surface area contributed by atoms with Crippen molar-refractivity contribution < 1.29 is 4.74 Å². The fourth-order valence-electron chi connectivity index (χ4n) is 1.55. The summed E-state index contributed by atoms with van der Waals surface area (Å²) >= 11 is 0. The van der Waals surface area contributed by atoms with Crippen LogP contribution < -0.4 is 4.74 Å². The quantitative estimate of drug-likeness (QED) is 0.778. The number of para-hydroxylation sites is 1. The maximum Gasteiger partial charge on any atom is 0.135 e. The molecule has 1 unspecified atom stereocenters.